The SMILES string of the molecule is CC(=O)Nc1cccc(NC(=O)c2ccc(Nc3nc(C)cc(C)n3)cc2)c1. The molecule has 7 nitrogen and oxygen atoms in total. The highest BCUT2D eigenvalue weighted by Gasteiger charge is 2.08. The second kappa shape index (κ2) is 8.30. The number of aryl methyl sites for hydroxylation is 2. The first kappa shape index (κ1) is 19.0. The summed E-state index contributed by atoms with van der Waals surface area (Å²) in [6.07, 6.45) is 0. The second-order valence-corrected chi connectivity index (χ2v) is 6.39. The van der Waals surface area contributed by atoms with Crippen LogP contribution in [0, 0.1) is 13.8 Å². The normalized spacial score (nSPS) is 10.2. The number of benzene rings is 2. The first-order chi connectivity index (χ1) is 13.4. The smallest absolute Gasteiger partial charge is 0.255 e. The maximum Gasteiger partial charge on any atom is 0.255 e. The fourth-order valence-corrected chi connectivity index (χ4v) is 2.70. The molecule has 2 amide bonds. The molecule has 142 valence electrons. The topological polar surface area (TPSA) is 96.0 Å². The summed E-state index contributed by atoms with van der Waals surface area (Å²) < 4.78 is 0. The predicted molar refractivity (Wildman–Crippen MR) is 110 cm³/mol. The average molecular weight is 375 g/mol. The maximum atomic E-state index is 12.5. The molecular formula is C21H21N5O2. The molecule has 3 N–H and O–H groups in total. The van der Waals surface area contributed by atoms with Crippen LogP contribution in [0.25, 0.3) is 0 Å². The van der Waals surface area contributed by atoms with E-state index >= 15 is 0 Å². The van der Waals surface area contributed by atoms with Crippen LogP contribution in [-0.4, -0.2) is 21.8 Å². The third-order valence-electron chi connectivity index (χ3n) is 3.83. The maximum absolute atomic E-state index is 12.5. The van der Waals surface area contributed by atoms with Gasteiger partial charge in [-0.2, -0.15) is 0 Å². The molecule has 0 atom stereocenters. The zero-order valence-electron chi connectivity index (χ0n) is 15.9. The van der Waals surface area contributed by atoms with E-state index in [0.717, 1.165) is 17.1 Å². The lowest BCUT2D eigenvalue weighted by Gasteiger charge is -2.09. The van der Waals surface area contributed by atoms with Gasteiger partial charge in [-0.15, -0.1) is 0 Å². The van der Waals surface area contributed by atoms with Gasteiger partial charge < -0.3 is 16.0 Å². The summed E-state index contributed by atoms with van der Waals surface area (Å²) in [7, 11) is 0. The number of rotatable bonds is 5. The minimum absolute atomic E-state index is 0.167. The molecule has 1 heterocycles. The van der Waals surface area contributed by atoms with Gasteiger partial charge in [0.15, 0.2) is 0 Å². The van der Waals surface area contributed by atoms with E-state index in [0.29, 0.717) is 22.9 Å². The minimum Gasteiger partial charge on any atom is -0.326 e. The van der Waals surface area contributed by atoms with Crippen molar-refractivity contribution in [2.45, 2.75) is 20.8 Å². The number of amides is 2. The van der Waals surface area contributed by atoms with Gasteiger partial charge in [0.1, 0.15) is 0 Å². The molecule has 0 unspecified atom stereocenters. The Kier molecular flexibility index (Phi) is 5.64. The Bertz CT molecular complexity index is 995. The van der Waals surface area contributed by atoms with Crippen molar-refractivity contribution in [3.05, 3.63) is 71.5 Å². The summed E-state index contributed by atoms with van der Waals surface area (Å²) >= 11 is 0. The summed E-state index contributed by atoms with van der Waals surface area (Å²) in [5.41, 5.74) is 4.28. The van der Waals surface area contributed by atoms with E-state index < -0.39 is 0 Å². The standard InChI is InChI=1S/C21H21N5O2/c1-13-11-14(2)23-21(22-13)26-17-9-7-16(8-10-17)20(28)25-19-6-4-5-18(12-19)24-15(3)27/h4-12H,1-3H3,(H,24,27)(H,25,28)(H,22,23,26). The summed E-state index contributed by atoms with van der Waals surface area (Å²) in [6.45, 7) is 5.26. The highest BCUT2D eigenvalue weighted by Crippen LogP contribution is 2.18. The zero-order valence-corrected chi connectivity index (χ0v) is 15.9. The molecule has 7 heteroatoms. The van der Waals surface area contributed by atoms with Crippen LogP contribution in [0.2, 0.25) is 0 Å². The van der Waals surface area contributed by atoms with Crippen LogP contribution < -0.4 is 16.0 Å². The van der Waals surface area contributed by atoms with Crippen molar-refractivity contribution >= 4 is 34.8 Å². The fourth-order valence-electron chi connectivity index (χ4n) is 2.70. The van der Waals surface area contributed by atoms with Gasteiger partial charge in [-0.25, -0.2) is 9.97 Å². The third kappa shape index (κ3) is 5.14. The van der Waals surface area contributed by atoms with Gasteiger partial charge in [-0.05, 0) is 62.4 Å². The number of hydrogen-bond acceptors (Lipinski definition) is 5. The van der Waals surface area contributed by atoms with Crippen LogP contribution in [-0.2, 0) is 4.79 Å². The Labute approximate surface area is 163 Å². The third-order valence-corrected chi connectivity index (χ3v) is 3.83. The fraction of sp³-hybridized carbons (Fsp3) is 0.143. The van der Waals surface area contributed by atoms with E-state index in [1.807, 2.05) is 19.9 Å². The highest BCUT2D eigenvalue weighted by molar-refractivity contribution is 6.04. The van der Waals surface area contributed by atoms with Crippen molar-refractivity contribution in [3.63, 3.8) is 0 Å². The molecule has 2 aromatic carbocycles. The van der Waals surface area contributed by atoms with Crippen molar-refractivity contribution in [1.29, 1.82) is 0 Å². The molecule has 0 spiro atoms. The molecule has 0 fully saturated rings. The van der Waals surface area contributed by atoms with Gasteiger partial charge in [0.25, 0.3) is 5.91 Å². The summed E-state index contributed by atoms with van der Waals surface area (Å²) in [6, 6.07) is 15.9. The molecule has 3 aromatic rings. The number of nitrogens with one attached hydrogen (secondary N) is 3. The first-order valence-corrected chi connectivity index (χ1v) is 8.77. The van der Waals surface area contributed by atoms with Crippen molar-refractivity contribution in [3.8, 4) is 0 Å². The quantitative estimate of drug-likeness (QED) is 0.625. The highest BCUT2D eigenvalue weighted by atomic mass is 16.2. The molecular weight excluding hydrogens is 354 g/mol. The molecule has 0 saturated carbocycles. The molecule has 0 bridgehead atoms. The zero-order chi connectivity index (χ0) is 20.1. The summed E-state index contributed by atoms with van der Waals surface area (Å²) in [5, 5.41) is 8.64. The first-order valence-electron chi connectivity index (χ1n) is 8.77. The van der Waals surface area contributed by atoms with E-state index in [1.165, 1.54) is 6.92 Å². The summed E-state index contributed by atoms with van der Waals surface area (Å²) in [5.74, 6) is 0.109. The van der Waals surface area contributed by atoms with Crippen LogP contribution in [0.15, 0.2) is 54.6 Å². The average Bonchev–Trinajstić information content (AvgIpc) is 2.61. The van der Waals surface area contributed by atoms with Crippen LogP contribution in [0.3, 0.4) is 0 Å². The largest absolute Gasteiger partial charge is 0.326 e. The minimum atomic E-state index is -0.242. The number of nitrogens with zero attached hydrogens (tertiary/aromatic N) is 2. The van der Waals surface area contributed by atoms with Crippen molar-refractivity contribution < 1.29 is 9.59 Å². The van der Waals surface area contributed by atoms with Crippen LogP contribution in [0.1, 0.15) is 28.7 Å². The Morgan fingerprint density at radius 2 is 1.39 bits per heavy atom. The summed E-state index contributed by atoms with van der Waals surface area (Å²) in [4.78, 5) is 32.3. The van der Waals surface area contributed by atoms with Gasteiger partial charge in [0.2, 0.25) is 11.9 Å². The second-order valence-electron chi connectivity index (χ2n) is 6.39. The number of carbonyl (C=O) groups excluding carboxylic acids is 2. The van der Waals surface area contributed by atoms with Gasteiger partial charge in [-0.3, -0.25) is 9.59 Å². The van der Waals surface area contributed by atoms with Gasteiger partial charge in [0.05, 0.1) is 0 Å². The van der Waals surface area contributed by atoms with Crippen molar-refractivity contribution in [2.24, 2.45) is 0 Å². The van der Waals surface area contributed by atoms with E-state index in [2.05, 4.69) is 25.9 Å². The molecule has 28 heavy (non-hydrogen) atoms. The lowest BCUT2D eigenvalue weighted by Crippen LogP contribution is -2.12. The monoisotopic (exact) mass is 375 g/mol. The number of aromatic nitrogens is 2. The molecule has 0 saturated heterocycles. The molecule has 0 radical (unpaired) electrons. The van der Waals surface area contributed by atoms with Gasteiger partial charge >= 0.3 is 0 Å². The van der Waals surface area contributed by atoms with E-state index in [4.69, 9.17) is 0 Å². The van der Waals surface area contributed by atoms with Crippen molar-refractivity contribution in [1.82, 2.24) is 9.97 Å². The molecule has 0 aliphatic rings. The van der Waals surface area contributed by atoms with Crippen LogP contribution >= 0.6 is 0 Å². The lowest BCUT2D eigenvalue weighted by molar-refractivity contribution is -0.114. The van der Waals surface area contributed by atoms with Gasteiger partial charge in [-0.1, -0.05) is 6.07 Å². The van der Waals surface area contributed by atoms with E-state index in [1.54, 1.807) is 48.5 Å². The molecule has 0 aliphatic carbocycles. The van der Waals surface area contributed by atoms with Crippen LogP contribution in [0.5, 0.6) is 0 Å². The molecule has 3 rings (SSSR count). The number of anilines is 4. The van der Waals surface area contributed by atoms with E-state index in [-0.39, 0.29) is 11.8 Å². The molecule has 1 aromatic heterocycles. The molecule has 0 aliphatic heterocycles. The van der Waals surface area contributed by atoms with Crippen molar-refractivity contribution in [2.75, 3.05) is 16.0 Å². The van der Waals surface area contributed by atoms with Gasteiger partial charge in [0, 0.05) is 40.9 Å². The number of carbonyl (C=O) groups is 2. The Balaban J connectivity index is 1.67. The van der Waals surface area contributed by atoms with Crippen LogP contribution in [0.4, 0.5) is 23.0 Å². The Morgan fingerprint density at radius 1 is 0.786 bits per heavy atom. The predicted octanol–water partition coefficient (Wildman–Crippen LogP) is 4.05. The number of hydrogen-bond donors (Lipinski definition) is 3. The lowest BCUT2D eigenvalue weighted by atomic mass is 10.2. The van der Waals surface area contributed by atoms with E-state index in [9.17, 15) is 9.59 Å². The Hall–Kier alpha value is -3.74. The Morgan fingerprint density at radius 3 is 2.00 bits per heavy atom.